The normalized spacial score (nSPS) is 12.6. The van der Waals surface area contributed by atoms with Crippen molar-refractivity contribution in [3.05, 3.63) is 217 Å². The minimum absolute atomic E-state index is 0.293. The maximum absolute atomic E-state index is 5.54. The average molecular weight is 873 g/mol. The number of fused-ring (bicyclic) bond motifs is 12. The van der Waals surface area contributed by atoms with Crippen molar-refractivity contribution in [2.45, 2.75) is 33.1 Å². The van der Waals surface area contributed by atoms with E-state index in [2.05, 4.69) is 214 Å². The first-order valence-electron chi connectivity index (χ1n) is 23.6. The molecule has 4 nitrogen and oxygen atoms in total. The lowest BCUT2D eigenvalue weighted by molar-refractivity contribution is 0.662. The van der Waals surface area contributed by atoms with Gasteiger partial charge in [0.05, 0.1) is 11.0 Å². The van der Waals surface area contributed by atoms with Crippen LogP contribution in [0, 0.1) is 0 Å². The van der Waals surface area contributed by atoms with E-state index in [0.717, 1.165) is 81.9 Å². The Morgan fingerprint density at radius 3 is 1.60 bits per heavy atom. The van der Waals surface area contributed by atoms with Gasteiger partial charge in [-0.15, -0.1) is 0 Å². The molecule has 0 fully saturated rings. The summed E-state index contributed by atoms with van der Waals surface area (Å²) in [7, 11) is 0. The highest BCUT2D eigenvalue weighted by atomic mass is 15.2. The molecule has 0 bridgehead atoms. The van der Waals surface area contributed by atoms with Gasteiger partial charge in [0.2, 0.25) is 5.95 Å². The highest BCUT2D eigenvalue weighted by Crippen LogP contribution is 2.55. The third-order valence-corrected chi connectivity index (χ3v) is 14.1. The van der Waals surface area contributed by atoms with E-state index in [9.17, 15) is 0 Å². The molecule has 1 aliphatic rings. The average Bonchev–Trinajstić information content (AvgIpc) is 3.87. The summed E-state index contributed by atoms with van der Waals surface area (Å²) in [5, 5.41) is 11.4. The van der Waals surface area contributed by atoms with Crippen LogP contribution in [-0.4, -0.2) is 19.5 Å². The molecule has 0 radical (unpaired) electrons. The molecule has 68 heavy (non-hydrogen) atoms. The van der Waals surface area contributed by atoms with Crippen molar-refractivity contribution in [3.8, 4) is 51.0 Å². The zero-order valence-electron chi connectivity index (χ0n) is 38.7. The number of hydrogen-bond donors (Lipinski definition) is 0. The van der Waals surface area contributed by atoms with E-state index in [1.54, 1.807) is 0 Å². The fraction of sp³-hybridized carbons (Fsp3) is 0.0781. The van der Waals surface area contributed by atoms with Crippen LogP contribution in [0.4, 0.5) is 0 Å². The molecule has 0 amide bonds. The zero-order chi connectivity index (χ0) is 46.3. The molecule has 12 aromatic rings. The monoisotopic (exact) mass is 872 g/mol. The highest BCUT2D eigenvalue weighted by Gasteiger charge is 2.39. The van der Waals surface area contributed by atoms with Crippen molar-refractivity contribution in [1.29, 1.82) is 0 Å². The number of nitrogens with zero attached hydrogens (tertiary/aromatic N) is 4. The maximum Gasteiger partial charge on any atom is 0.238 e. The van der Waals surface area contributed by atoms with Gasteiger partial charge in [0.15, 0.2) is 11.6 Å². The van der Waals surface area contributed by atoms with Crippen LogP contribution in [0.15, 0.2) is 195 Å². The Labute approximate surface area is 396 Å². The number of rotatable bonds is 6. The SMILES string of the molecule is C=Cc1c(C=C)c2c3cccc(-c4cccc5c4C(C)(C)c4ccc6ccccc6c4-5)c3n(-c3nc(-c4ccc5ccccc5c4)nc(-c4ccc5ccccc5c4)n3)c2c2ccccc12.CC. The van der Waals surface area contributed by atoms with Crippen molar-refractivity contribution in [2.24, 2.45) is 0 Å². The lowest BCUT2D eigenvalue weighted by Gasteiger charge is -2.25. The molecule has 0 aliphatic heterocycles. The van der Waals surface area contributed by atoms with Crippen LogP contribution in [0.2, 0.25) is 0 Å². The fourth-order valence-corrected chi connectivity index (χ4v) is 11.2. The molecule has 1 aliphatic carbocycles. The van der Waals surface area contributed by atoms with E-state index in [-0.39, 0.29) is 5.41 Å². The van der Waals surface area contributed by atoms with Crippen LogP contribution in [0.1, 0.15) is 49.9 Å². The molecular weight excluding hydrogens is 825 g/mol. The second-order valence-electron chi connectivity index (χ2n) is 18.0. The van der Waals surface area contributed by atoms with Gasteiger partial charge in [-0.3, -0.25) is 4.57 Å². The third-order valence-electron chi connectivity index (χ3n) is 14.1. The number of aromatic nitrogens is 4. The predicted molar refractivity (Wildman–Crippen MR) is 290 cm³/mol. The van der Waals surface area contributed by atoms with Crippen molar-refractivity contribution in [2.75, 3.05) is 0 Å². The maximum atomic E-state index is 5.54. The van der Waals surface area contributed by atoms with E-state index in [1.807, 2.05) is 26.0 Å². The van der Waals surface area contributed by atoms with Crippen molar-refractivity contribution in [1.82, 2.24) is 19.5 Å². The van der Waals surface area contributed by atoms with Gasteiger partial charge in [0.25, 0.3) is 0 Å². The first-order valence-corrected chi connectivity index (χ1v) is 23.6. The van der Waals surface area contributed by atoms with Crippen molar-refractivity contribution in [3.63, 3.8) is 0 Å². The molecule has 324 valence electrons. The molecule has 2 heterocycles. The first-order chi connectivity index (χ1) is 33.4. The summed E-state index contributed by atoms with van der Waals surface area (Å²) in [6, 6.07) is 65.4. The molecule has 4 heteroatoms. The summed E-state index contributed by atoms with van der Waals surface area (Å²) < 4.78 is 2.32. The molecule has 0 saturated carbocycles. The van der Waals surface area contributed by atoms with Gasteiger partial charge in [-0.1, -0.05) is 223 Å². The predicted octanol–water partition coefficient (Wildman–Crippen LogP) is 17.2. The lowest BCUT2D eigenvalue weighted by atomic mass is 9.78. The van der Waals surface area contributed by atoms with E-state index in [4.69, 9.17) is 15.0 Å². The number of benzene rings is 10. The standard InChI is InChI=1S/C62H42N4.C2H6/c1-5-44-45(6-2)55-52-28-16-26-50(48-25-15-27-51-54-46-22-12-11-19-39(46)33-34-53(54)62(3,4)56(48)51)57(52)66(58(55)49-24-14-13-23-47(44)49)61-64-59(42-31-29-37-17-7-9-20-40(37)35-42)63-60(65-61)43-32-30-38-18-8-10-21-41(38)36-43;1-2/h5-36H,1-2H2,3-4H3;1-2H3. The van der Waals surface area contributed by atoms with Gasteiger partial charge >= 0.3 is 0 Å². The molecule has 13 rings (SSSR count). The van der Waals surface area contributed by atoms with E-state index in [1.165, 1.54) is 38.6 Å². The summed E-state index contributed by atoms with van der Waals surface area (Å²) in [6.45, 7) is 17.5. The van der Waals surface area contributed by atoms with E-state index >= 15 is 0 Å². The Balaban J connectivity index is 0.00000237. The second kappa shape index (κ2) is 15.9. The molecule has 2 aromatic heterocycles. The fourth-order valence-electron chi connectivity index (χ4n) is 11.2. The van der Waals surface area contributed by atoms with Gasteiger partial charge in [-0.25, -0.2) is 4.98 Å². The first kappa shape index (κ1) is 41.0. The van der Waals surface area contributed by atoms with Crippen LogP contribution in [0.25, 0.3) is 128 Å². The van der Waals surface area contributed by atoms with Crippen LogP contribution in [0.5, 0.6) is 0 Å². The minimum atomic E-state index is -0.293. The van der Waals surface area contributed by atoms with E-state index in [0.29, 0.717) is 17.6 Å². The lowest BCUT2D eigenvalue weighted by Crippen LogP contribution is -2.16. The number of para-hydroxylation sites is 1. The van der Waals surface area contributed by atoms with Crippen LogP contribution in [0.3, 0.4) is 0 Å². The van der Waals surface area contributed by atoms with Crippen LogP contribution < -0.4 is 0 Å². The summed E-state index contributed by atoms with van der Waals surface area (Å²) in [5.41, 5.74) is 13.2. The van der Waals surface area contributed by atoms with Gasteiger partial charge in [-0.2, -0.15) is 9.97 Å². The van der Waals surface area contributed by atoms with Gasteiger partial charge < -0.3 is 0 Å². The van der Waals surface area contributed by atoms with Crippen molar-refractivity contribution < 1.29 is 0 Å². The Kier molecular flexibility index (Phi) is 9.56. The molecule has 0 atom stereocenters. The summed E-state index contributed by atoms with van der Waals surface area (Å²) in [4.78, 5) is 16.4. The molecule has 0 spiro atoms. The minimum Gasteiger partial charge on any atom is -0.277 e. The van der Waals surface area contributed by atoms with Crippen LogP contribution >= 0.6 is 0 Å². The smallest absolute Gasteiger partial charge is 0.238 e. The van der Waals surface area contributed by atoms with Gasteiger partial charge in [0, 0.05) is 38.3 Å². The largest absolute Gasteiger partial charge is 0.277 e. The zero-order valence-corrected chi connectivity index (χ0v) is 38.7. The van der Waals surface area contributed by atoms with Gasteiger partial charge in [-0.05, 0) is 88.8 Å². The number of hydrogen-bond acceptors (Lipinski definition) is 3. The van der Waals surface area contributed by atoms with E-state index < -0.39 is 0 Å². The Morgan fingerprint density at radius 2 is 0.956 bits per heavy atom. The van der Waals surface area contributed by atoms with Crippen LogP contribution in [-0.2, 0) is 5.41 Å². The third kappa shape index (κ3) is 6.04. The Hall–Kier alpha value is -8.47. The topological polar surface area (TPSA) is 43.6 Å². The van der Waals surface area contributed by atoms with Gasteiger partial charge in [0.1, 0.15) is 0 Å². The Bertz CT molecular complexity index is 3980. The molecule has 0 unspecified atom stereocenters. The Morgan fingerprint density at radius 1 is 0.441 bits per heavy atom. The molecular formula is C64H48N4. The molecule has 10 aromatic carbocycles. The summed E-state index contributed by atoms with van der Waals surface area (Å²) in [5.74, 6) is 1.74. The quantitative estimate of drug-likeness (QED) is 0.167. The highest BCUT2D eigenvalue weighted by molar-refractivity contribution is 6.25. The molecule has 0 N–H and O–H groups in total. The molecule has 0 saturated heterocycles. The summed E-state index contributed by atoms with van der Waals surface area (Å²) >= 11 is 0. The second-order valence-corrected chi connectivity index (χ2v) is 18.0. The van der Waals surface area contributed by atoms with Crippen molar-refractivity contribution >= 4 is 77.0 Å². The summed E-state index contributed by atoms with van der Waals surface area (Å²) in [6.07, 6.45) is 3.96.